The molecule has 3 heteroatoms. The minimum atomic E-state index is -0.469. The van der Waals surface area contributed by atoms with Gasteiger partial charge in [0.2, 0.25) is 0 Å². The molecule has 0 aliphatic heterocycles. The third kappa shape index (κ3) is 5.36. The second kappa shape index (κ2) is 6.17. The third-order valence-electron chi connectivity index (χ3n) is 3.91. The summed E-state index contributed by atoms with van der Waals surface area (Å²) in [5, 5.41) is 13.8. The molecule has 1 aliphatic rings. The molecule has 1 unspecified atom stereocenters. The first-order chi connectivity index (χ1) is 7.87. The molecule has 1 fully saturated rings. The zero-order valence-corrected chi connectivity index (χ0v) is 11.9. The molecule has 17 heavy (non-hydrogen) atoms. The lowest BCUT2D eigenvalue weighted by Gasteiger charge is -2.34. The molecule has 0 aromatic heterocycles. The van der Waals surface area contributed by atoms with E-state index in [0.29, 0.717) is 12.6 Å². The molecule has 0 aromatic carbocycles. The fourth-order valence-electron chi connectivity index (χ4n) is 2.64. The van der Waals surface area contributed by atoms with Crippen LogP contribution in [0.4, 0.5) is 0 Å². The molecule has 1 saturated carbocycles. The van der Waals surface area contributed by atoms with E-state index in [2.05, 4.69) is 26.1 Å². The van der Waals surface area contributed by atoms with E-state index in [9.17, 15) is 5.11 Å². The zero-order chi connectivity index (χ0) is 12.9. The summed E-state index contributed by atoms with van der Waals surface area (Å²) in [5.74, 6) is 0. The van der Waals surface area contributed by atoms with Crippen LogP contribution in [0.15, 0.2) is 0 Å². The topological polar surface area (TPSA) is 41.5 Å². The maximum absolute atomic E-state index is 10.4. The maximum atomic E-state index is 10.4. The van der Waals surface area contributed by atoms with E-state index in [0.717, 1.165) is 32.1 Å². The monoisotopic (exact) mass is 243 g/mol. The van der Waals surface area contributed by atoms with Gasteiger partial charge in [0, 0.05) is 19.7 Å². The standard InChI is InChI=1S/C14H29NO2/c1-12(10-13(2,3)17-4)15-11-14(16)8-6-5-7-9-14/h12,15-16H,5-11H2,1-4H3. The van der Waals surface area contributed by atoms with Crippen LogP contribution in [0.1, 0.15) is 59.3 Å². The lowest BCUT2D eigenvalue weighted by atomic mass is 9.84. The Morgan fingerprint density at radius 1 is 1.29 bits per heavy atom. The van der Waals surface area contributed by atoms with Gasteiger partial charge >= 0.3 is 0 Å². The van der Waals surface area contributed by atoms with Gasteiger partial charge in [-0.05, 0) is 40.0 Å². The summed E-state index contributed by atoms with van der Waals surface area (Å²) in [4.78, 5) is 0. The highest BCUT2D eigenvalue weighted by molar-refractivity contribution is 4.86. The molecule has 2 N–H and O–H groups in total. The first-order valence-electron chi connectivity index (χ1n) is 6.88. The predicted molar refractivity (Wildman–Crippen MR) is 71.2 cm³/mol. The van der Waals surface area contributed by atoms with E-state index in [1.54, 1.807) is 7.11 Å². The average molecular weight is 243 g/mol. The van der Waals surface area contributed by atoms with Crippen LogP contribution in [0.3, 0.4) is 0 Å². The number of hydrogen-bond acceptors (Lipinski definition) is 3. The van der Waals surface area contributed by atoms with Crippen molar-refractivity contribution in [3.05, 3.63) is 0 Å². The summed E-state index contributed by atoms with van der Waals surface area (Å²) in [6, 6.07) is 0.371. The van der Waals surface area contributed by atoms with E-state index in [-0.39, 0.29) is 5.60 Å². The van der Waals surface area contributed by atoms with E-state index in [1.807, 2.05) is 0 Å². The quantitative estimate of drug-likeness (QED) is 0.753. The van der Waals surface area contributed by atoms with Crippen molar-refractivity contribution in [1.82, 2.24) is 5.32 Å². The van der Waals surface area contributed by atoms with Gasteiger partial charge in [-0.1, -0.05) is 19.3 Å². The van der Waals surface area contributed by atoms with E-state index in [1.165, 1.54) is 6.42 Å². The lowest BCUT2D eigenvalue weighted by Crippen LogP contribution is -2.46. The molecule has 0 radical (unpaired) electrons. The van der Waals surface area contributed by atoms with Crippen LogP contribution in [0, 0.1) is 0 Å². The molecule has 0 spiro atoms. The largest absolute Gasteiger partial charge is 0.389 e. The Hall–Kier alpha value is -0.120. The number of rotatable bonds is 6. The number of ether oxygens (including phenoxy) is 1. The second-order valence-electron chi connectivity index (χ2n) is 6.23. The van der Waals surface area contributed by atoms with Crippen molar-refractivity contribution in [1.29, 1.82) is 0 Å². The summed E-state index contributed by atoms with van der Waals surface area (Å²) >= 11 is 0. The molecule has 0 saturated heterocycles. The molecular weight excluding hydrogens is 214 g/mol. The highest BCUT2D eigenvalue weighted by Gasteiger charge is 2.29. The molecule has 1 atom stereocenters. The zero-order valence-electron chi connectivity index (χ0n) is 11.9. The summed E-state index contributed by atoms with van der Waals surface area (Å²) in [7, 11) is 1.75. The SMILES string of the molecule is COC(C)(C)CC(C)NCC1(O)CCCCC1. The van der Waals surface area contributed by atoms with Crippen LogP contribution in [-0.4, -0.2) is 36.0 Å². The van der Waals surface area contributed by atoms with Gasteiger partial charge in [-0.15, -0.1) is 0 Å². The van der Waals surface area contributed by atoms with Crippen molar-refractivity contribution < 1.29 is 9.84 Å². The Morgan fingerprint density at radius 2 is 1.88 bits per heavy atom. The summed E-state index contributed by atoms with van der Waals surface area (Å²) < 4.78 is 5.42. The Kier molecular flexibility index (Phi) is 5.42. The van der Waals surface area contributed by atoms with Gasteiger partial charge < -0.3 is 15.2 Å². The molecule has 0 aromatic rings. The Balaban J connectivity index is 2.29. The summed E-state index contributed by atoms with van der Waals surface area (Å²) in [5.41, 5.74) is -0.564. The van der Waals surface area contributed by atoms with Crippen molar-refractivity contribution >= 4 is 0 Å². The maximum Gasteiger partial charge on any atom is 0.0771 e. The first-order valence-corrected chi connectivity index (χ1v) is 6.88. The molecule has 0 bridgehead atoms. The second-order valence-corrected chi connectivity index (χ2v) is 6.23. The summed E-state index contributed by atoms with van der Waals surface area (Å²) in [6.07, 6.45) is 6.45. The minimum Gasteiger partial charge on any atom is -0.389 e. The minimum absolute atomic E-state index is 0.0956. The van der Waals surface area contributed by atoms with Gasteiger partial charge in [0.05, 0.1) is 11.2 Å². The van der Waals surface area contributed by atoms with Gasteiger partial charge in [0.25, 0.3) is 0 Å². The Bertz CT molecular complexity index is 222. The third-order valence-corrected chi connectivity index (χ3v) is 3.91. The van der Waals surface area contributed by atoms with Crippen LogP contribution in [0.2, 0.25) is 0 Å². The number of aliphatic hydroxyl groups is 1. The van der Waals surface area contributed by atoms with Gasteiger partial charge in [0.15, 0.2) is 0 Å². The van der Waals surface area contributed by atoms with Crippen LogP contribution < -0.4 is 5.32 Å². The van der Waals surface area contributed by atoms with Crippen molar-refractivity contribution in [3.63, 3.8) is 0 Å². The fourth-order valence-corrected chi connectivity index (χ4v) is 2.64. The predicted octanol–water partition coefficient (Wildman–Crippen LogP) is 2.47. The van der Waals surface area contributed by atoms with E-state index < -0.39 is 5.60 Å². The molecule has 3 nitrogen and oxygen atoms in total. The van der Waals surface area contributed by atoms with Gasteiger partial charge in [0.1, 0.15) is 0 Å². The van der Waals surface area contributed by atoms with Gasteiger partial charge in [-0.3, -0.25) is 0 Å². The normalized spacial score (nSPS) is 22.4. The van der Waals surface area contributed by atoms with Crippen molar-refractivity contribution in [2.45, 2.75) is 76.5 Å². The summed E-state index contributed by atoms with van der Waals surface area (Å²) in [6.45, 7) is 7.07. The highest BCUT2D eigenvalue weighted by atomic mass is 16.5. The average Bonchev–Trinajstić information content (AvgIpc) is 2.27. The van der Waals surface area contributed by atoms with Crippen molar-refractivity contribution in [2.75, 3.05) is 13.7 Å². The van der Waals surface area contributed by atoms with Gasteiger partial charge in [-0.25, -0.2) is 0 Å². The van der Waals surface area contributed by atoms with Crippen LogP contribution in [0.5, 0.6) is 0 Å². The number of hydrogen-bond donors (Lipinski definition) is 2. The smallest absolute Gasteiger partial charge is 0.0771 e. The number of methoxy groups -OCH3 is 1. The molecule has 1 aliphatic carbocycles. The van der Waals surface area contributed by atoms with E-state index >= 15 is 0 Å². The van der Waals surface area contributed by atoms with Crippen molar-refractivity contribution in [2.24, 2.45) is 0 Å². The van der Waals surface area contributed by atoms with Crippen LogP contribution >= 0.6 is 0 Å². The molecule has 102 valence electrons. The van der Waals surface area contributed by atoms with E-state index in [4.69, 9.17) is 4.74 Å². The lowest BCUT2D eigenvalue weighted by molar-refractivity contribution is -0.00947. The van der Waals surface area contributed by atoms with Crippen molar-refractivity contribution in [3.8, 4) is 0 Å². The van der Waals surface area contributed by atoms with Gasteiger partial charge in [-0.2, -0.15) is 0 Å². The molecule has 1 rings (SSSR count). The molecule has 0 heterocycles. The first kappa shape index (κ1) is 14.9. The number of nitrogens with one attached hydrogen (secondary N) is 1. The Labute approximate surface area is 106 Å². The molecular formula is C14H29NO2. The van der Waals surface area contributed by atoms with Crippen LogP contribution in [-0.2, 0) is 4.74 Å². The van der Waals surface area contributed by atoms with Crippen LogP contribution in [0.25, 0.3) is 0 Å². The highest BCUT2D eigenvalue weighted by Crippen LogP contribution is 2.27. The fraction of sp³-hybridized carbons (Fsp3) is 1.00. The molecule has 0 amide bonds. The Morgan fingerprint density at radius 3 is 2.41 bits per heavy atom.